The molecule has 12 heteroatoms. The molecule has 0 aliphatic carbocycles. The second-order valence-electron chi connectivity index (χ2n) is 10.3. The Morgan fingerprint density at radius 2 is 1.17 bits per heavy atom. The first-order chi connectivity index (χ1) is 21.7. The van der Waals surface area contributed by atoms with Gasteiger partial charge in [0.15, 0.2) is 0 Å². The van der Waals surface area contributed by atoms with Crippen LogP contribution in [0.2, 0.25) is 0 Å². The molecule has 0 bridgehead atoms. The molecule has 0 atom stereocenters. The van der Waals surface area contributed by atoms with Gasteiger partial charge in [-0.1, -0.05) is 91.0 Å². The number of carbonyl (C=O) groups excluding carboxylic acids is 4. The average Bonchev–Trinajstić information content (AvgIpc) is 3.02. The van der Waals surface area contributed by atoms with E-state index in [0.29, 0.717) is 11.3 Å². The van der Waals surface area contributed by atoms with E-state index < -0.39 is 23.8 Å². The van der Waals surface area contributed by atoms with Crippen LogP contribution in [-0.2, 0) is 46.7 Å². The van der Waals surface area contributed by atoms with E-state index in [2.05, 4.69) is 10.4 Å². The summed E-state index contributed by atoms with van der Waals surface area (Å²) < 4.78 is 0. The highest BCUT2D eigenvalue weighted by Gasteiger charge is 2.28. The quantitative estimate of drug-likeness (QED) is 0.0750. The summed E-state index contributed by atoms with van der Waals surface area (Å²) in [6, 6.07) is 30.1. The van der Waals surface area contributed by atoms with Crippen LogP contribution in [0.25, 0.3) is 0 Å². The van der Waals surface area contributed by atoms with Crippen LogP contribution in [0.3, 0.4) is 0 Å². The molecular weight excluding hydrogens is 606 g/mol. The lowest BCUT2D eigenvalue weighted by molar-refractivity contribution is -0.126. The zero-order valence-electron chi connectivity index (χ0n) is 25.0. The van der Waals surface area contributed by atoms with E-state index in [1.165, 1.54) is 6.34 Å². The van der Waals surface area contributed by atoms with Crippen LogP contribution in [-0.4, -0.2) is 30.1 Å². The van der Waals surface area contributed by atoms with E-state index in [1.807, 2.05) is 84.9 Å². The Morgan fingerprint density at radius 1 is 0.652 bits per heavy atom. The molecule has 4 rings (SSSR count). The molecule has 0 saturated heterocycles. The molecule has 0 fully saturated rings. The molecule has 0 aliphatic rings. The first kappa shape index (κ1) is 34.8. The van der Waals surface area contributed by atoms with Crippen molar-refractivity contribution in [2.75, 3.05) is 9.80 Å². The molecule has 0 spiro atoms. The topological polar surface area (TPSA) is 177 Å². The van der Waals surface area contributed by atoms with E-state index in [-0.39, 0.29) is 50.4 Å². The number of nitrogens with two attached hydrogens (primary N) is 3. The van der Waals surface area contributed by atoms with E-state index in [9.17, 15) is 19.2 Å². The smallest absolute Gasteiger partial charge is 0.312 e. The van der Waals surface area contributed by atoms with Gasteiger partial charge in [0, 0.05) is 24.3 Å². The zero-order chi connectivity index (χ0) is 32.2. The molecule has 4 aromatic carbocycles. The van der Waals surface area contributed by atoms with Crippen LogP contribution in [0.15, 0.2) is 108 Å². The number of imide groups is 1. The number of nitrogens with one attached hydrogen (secondary N) is 1. The summed E-state index contributed by atoms with van der Waals surface area (Å²) in [7, 11) is 0. The van der Waals surface area contributed by atoms with Gasteiger partial charge in [0.1, 0.15) is 6.34 Å². The number of urea groups is 1. The summed E-state index contributed by atoms with van der Waals surface area (Å²) >= 11 is 0. The van der Waals surface area contributed by atoms with Gasteiger partial charge < -0.3 is 27.5 Å². The van der Waals surface area contributed by atoms with Gasteiger partial charge in [0.2, 0.25) is 17.7 Å². The highest BCUT2D eigenvalue weighted by molar-refractivity contribution is 6.17. The van der Waals surface area contributed by atoms with Gasteiger partial charge in [-0.25, -0.2) is 9.69 Å². The number of amides is 5. The summed E-state index contributed by atoms with van der Waals surface area (Å²) in [5.41, 5.74) is 15.2. The summed E-state index contributed by atoms with van der Waals surface area (Å²) in [4.78, 5) is 54.1. The molecule has 0 heterocycles. The summed E-state index contributed by atoms with van der Waals surface area (Å²) in [6.07, 6.45) is 1.07. The van der Waals surface area contributed by atoms with Crippen molar-refractivity contribution >= 4 is 53.9 Å². The molecule has 0 saturated carbocycles. The Bertz CT molecular complexity index is 1610. The fraction of sp³-hybridized carbons (Fsp3) is 0.147. The summed E-state index contributed by atoms with van der Waals surface area (Å²) in [5.74, 6) is 4.04. The van der Waals surface area contributed by atoms with Crippen molar-refractivity contribution in [1.29, 1.82) is 0 Å². The van der Waals surface area contributed by atoms with Gasteiger partial charge >= 0.3 is 6.03 Å². The average molecular weight is 642 g/mol. The molecular formula is C34H36ClN7O4. The predicted octanol–water partition coefficient (Wildman–Crippen LogP) is 3.56. The van der Waals surface area contributed by atoms with E-state index in [1.54, 1.807) is 23.1 Å². The van der Waals surface area contributed by atoms with E-state index >= 15 is 0 Å². The largest absolute Gasteiger partial charge is 0.369 e. The molecule has 0 radical (unpaired) electrons. The highest BCUT2D eigenvalue weighted by Crippen LogP contribution is 2.33. The SMILES string of the molecule is Cl.N/N=C/N(Cc1ccc(CNC(N)=O)cc1)c1cccc(N(C(=O)Cc2ccccc2)C(=O)Cc2ccccc2)c1CC(N)=O. The van der Waals surface area contributed by atoms with Crippen molar-refractivity contribution in [1.82, 2.24) is 5.32 Å². The molecule has 46 heavy (non-hydrogen) atoms. The Hall–Kier alpha value is -5.68. The maximum absolute atomic E-state index is 13.9. The summed E-state index contributed by atoms with van der Waals surface area (Å²) in [5, 5.41) is 6.27. The van der Waals surface area contributed by atoms with E-state index in [0.717, 1.165) is 27.2 Å². The van der Waals surface area contributed by atoms with Gasteiger partial charge in [-0.05, 0) is 34.4 Å². The number of hydrogen-bond acceptors (Lipinski definition) is 6. The third-order valence-electron chi connectivity index (χ3n) is 6.97. The second kappa shape index (κ2) is 17.0. The van der Waals surface area contributed by atoms with Gasteiger partial charge in [-0.2, -0.15) is 5.10 Å². The van der Waals surface area contributed by atoms with Gasteiger partial charge in [0.25, 0.3) is 0 Å². The lowest BCUT2D eigenvalue weighted by atomic mass is 10.0. The third-order valence-corrected chi connectivity index (χ3v) is 6.97. The van der Waals surface area contributed by atoms with Crippen molar-refractivity contribution < 1.29 is 19.2 Å². The number of halogens is 1. The number of hydrazone groups is 1. The number of anilines is 2. The van der Waals surface area contributed by atoms with Crippen molar-refractivity contribution in [2.45, 2.75) is 32.4 Å². The maximum Gasteiger partial charge on any atom is 0.312 e. The minimum absolute atomic E-state index is 0. The normalized spacial score (nSPS) is 10.5. The van der Waals surface area contributed by atoms with Crippen LogP contribution in [0.4, 0.5) is 16.2 Å². The Labute approximate surface area is 273 Å². The minimum Gasteiger partial charge on any atom is -0.369 e. The van der Waals surface area contributed by atoms with Gasteiger partial charge in [-0.3, -0.25) is 14.4 Å². The van der Waals surface area contributed by atoms with Gasteiger partial charge in [-0.15, -0.1) is 12.4 Å². The van der Waals surface area contributed by atoms with Crippen molar-refractivity contribution in [3.8, 4) is 0 Å². The van der Waals surface area contributed by atoms with Crippen molar-refractivity contribution in [3.05, 3.63) is 131 Å². The third kappa shape index (κ3) is 9.66. The molecule has 0 aliphatic heterocycles. The molecule has 238 valence electrons. The van der Waals surface area contributed by atoms with Crippen LogP contribution in [0, 0.1) is 0 Å². The number of carbonyl (C=O) groups is 4. The van der Waals surface area contributed by atoms with Crippen molar-refractivity contribution in [3.63, 3.8) is 0 Å². The number of primary amides is 2. The molecule has 7 N–H and O–H groups in total. The number of nitrogens with zero attached hydrogens (tertiary/aromatic N) is 3. The zero-order valence-corrected chi connectivity index (χ0v) is 25.9. The second-order valence-corrected chi connectivity index (χ2v) is 10.3. The molecule has 11 nitrogen and oxygen atoms in total. The first-order valence-electron chi connectivity index (χ1n) is 14.2. The number of rotatable bonds is 13. The van der Waals surface area contributed by atoms with Crippen LogP contribution >= 0.6 is 12.4 Å². The van der Waals surface area contributed by atoms with Gasteiger partial charge in [0.05, 0.1) is 24.9 Å². The Kier molecular flexibility index (Phi) is 12.8. The Balaban J connectivity index is 0.00000576. The maximum atomic E-state index is 13.9. The predicted molar refractivity (Wildman–Crippen MR) is 181 cm³/mol. The summed E-state index contributed by atoms with van der Waals surface area (Å²) in [6.45, 7) is 0.549. The van der Waals surface area contributed by atoms with Crippen molar-refractivity contribution in [2.24, 2.45) is 22.4 Å². The van der Waals surface area contributed by atoms with Crippen LogP contribution in [0.5, 0.6) is 0 Å². The number of benzene rings is 4. The molecule has 0 aromatic heterocycles. The standard InChI is InChI=1S/C34H35N7O4.ClH/c35-31(42)20-28-29(40(23-39-37)22-27-16-14-26(15-17-27)21-38-34(36)45)12-7-13-30(28)41(32(43)18-24-8-3-1-4-9-24)33(44)19-25-10-5-2-6-11-25;/h1-17,23H,18-22,37H2,(H2,35,42)(H3,36,38,45);1H/b39-23+;. The number of hydrogen-bond donors (Lipinski definition) is 4. The molecule has 0 unspecified atom stereocenters. The van der Waals surface area contributed by atoms with Crippen LogP contribution in [0.1, 0.15) is 27.8 Å². The monoisotopic (exact) mass is 641 g/mol. The Morgan fingerprint density at radius 3 is 1.67 bits per heavy atom. The van der Waals surface area contributed by atoms with E-state index in [4.69, 9.17) is 17.3 Å². The van der Waals surface area contributed by atoms with Crippen LogP contribution < -0.4 is 32.4 Å². The lowest BCUT2D eigenvalue weighted by Gasteiger charge is -2.28. The lowest BCUT2D eigenvalue weighted by Crippen LogP contribution is -2.40. The fourth-order valence-corrected chi connectivity index (χ4v) is 4.92. The first-order valence-corrected chi connectivity index (χ1v) is 14.2. The molecule has 4 aromatic rings. The highest BCUT2D eigenvalue weighted by atomic mass is 35.5. The fourth-order valence-electron chi connectivity index (χ4n) is 4.92. The molecule has 5 amide bonds. The minimum atomic E-state index is -0.648.